The maximum Gasteiger partial charge on any atom is 0.204 e. The summed E-state index contributed by atoms with van der Waals surface area (Å²) >= 11 is 5.79. The van der Waals surface area contributed by atoms with Crippen molar-refractivity contribution < 1.29 is 0 Å². The predicted octanol–water partition coefficient (Wildman–Crippen LogP) is 1.37. The van der Waals surface area contributed by atoms with Crippen LogP contribution in [0.5, 0.6) is 0 Å². The lowest BCUT2D eigenvalue weighted by Gasteiger charge is -2.17. The van der Waals surface area contributed by atoms with Crippen molar-refractivity contribution in [3.63, 3.8) is 0 Å². The van der Waals surface area contributed by atoms with Crippen LogP contribution in [0, 0.1) is 0 Å². The van der Waals surface area contributed by atoms with Crippen LogP contribution in [-0.2, 0) is 0 Å². The maximum absolute atomic E-state index is 5.79. The summed E-state index contributed by atoms with van der Waals surface area (Å²) in [6.07, 6.45) is -0.170. The largest absolute Gasteiger partial charge is 0.370 e. The molecule has 0 bridgehead atoms. The van der Waals surface area contributed by atoms with Crippen molar-refractivity contribution in [1.82, 2.24) is 5.32 Å². The Kier molecular flexibility index (Phi) is 2.96. The molecule has 1 aliphatic rings. The number of halogens is 1. The van der Waals surface area contributed by atoms with Crippen LogP contribution < -0.4 is 16.4 Å². The normalized spacial score (nSPS) is 19.5. The van der Waals surface area contributed by atoms with E-state index in [1.54, 1.807) is 12.1 Å². The Hall–Kier alpha value is -1.75. The fraction of sp³-hybridized carbons (Fsp3) is 0.200. The summed E-state index contributed by atoms with van der Waals surface area (Å²) in [7, 11) is 0. The van der Waals surface area contributed by atoms with Crippen molar-refractivity contribution in [2.45, 2.75) is 13.1 Å². The van der Waals surface area contributed by atoms with E-state index >= 15 is 0 Å². The van der Waals surface area contributed by atoms with Gasteiger partial charge in [0.05, 0.1) is 0 Å². The average molecular weight is 238 g/mol. The van der Waals surface area contributed by atoms with Crippen LogP contribution in [0.2, 0.25) is 5.02 Å². The lowest BCUT2D eigenvalue weighted by atomic mass is 10.3. The molecule has 0 saturated heterocycles. The molecule has 1 unspecified atom stereocenters. The van der Waals surface area contributed by atoms with Crippen molar-refractivity contribution in [3.05, 3.63) is 29.3 Å². The third-order valence-corrected chi connectivity index (χ3v) is 2.25. The third-order valence-electron chi connectivity index (χ3n) is 2.00. The second-order valence-corrected chi connectivity index (χ2v) is 3.82. The highest BCUT2D eigenvalue weighted by molar-refractivity contribution is 6.30. The molecule has 0 saturated carbocycles. The van der Waals surface area contributed by atoms with E-state index in [9.17, 15) is 0 Å². The van der Waals surface area contributed by atoms with Crippen molar-refractivity contribution in [2.75, 3.05) is 5.32 Å². The van der Waals surface area contributed by atoms with Gasteiger partial charge in [-0.25, -0.2) is 9.98 Å². The number of nitrogens with one attached hydrogen (secondary N) is 2. The molecule has 16 heavy (non-hydrogen) atoms. The van der Waals surface area contributed by atoms with E-state index in [2.05, 4.69) is 20.6 Å². The zero-order valence-electron chi connectivity index (χ0n) is 8.74. The zero-order chi connectivity index (χ0) is 11.5. The molecule has 0 radical (unpaired) electrons. The molecule has 84 valence electrons. The van der Waals surface area contributed by atoms with Crippen molar-refractivity contribution >= 4 is 29.2 Å². The van der Waals surface area contributed by atoms with Crippen LogP contribution in [0.4, 0.5) is 5.69 Å². The first-order valence-electron chi connectivity index (χ1n) is 4.84. The molecule has 2 rings (SSSR count). The van der Waals surface area contributed by atoms with Gasteiger partial charge in [0.25, 0.3) is 0 Å². The minimum atomic E-state index is -0.170. The summed E-state index contributed by atoms with van der Waals surface area (Å²) in [4.78, 5) is 8.27. The first kappa shape index (κ1) is 10.8. The fourth-order valence-corrected chi connectivity index (χ4v) is 1.46. The topological polar surface area (TPSA) is 74.8 Å². The van der Waals surface area contributed by atoms with E-state index in [4.69, 9.17) is 17.3 Å². The van der Waals surface area contributed by atoms with Gasteiger partial charge in [0.2, 0.25) is 5.96 Å². The monoisotopic (exact) mass is 237 g/mol. The van der Waals surface area contributed by atoms with Crippen LogP contribution in [0.1, 0.15) is 6.92 Å². The predicted molar refractivity (Wildman–Crippen MR) is 66.7 cm³/mol. The molecule has 1 heterocycles. The number of hydrogen-bond donors (Lipinski definition) is 3. The minimum absolute atomic E-state index is 0.170. The van der Waals surface area contributed by atoms with E-state index in [1.165, 1.54) is 0 Å². The molecule has 4 N–H and O–H groups in total. The Bertz CT molecular complexity index is 437. The smallest absolute Gasteiger partial charge is 0.204 e. The molecule has 5 nitrogen and oxygen atoms in total. The first-order valence-corrected chi connectivity index (χ1v) is 5.22. The van der Waals surface area contributed by atoms with Gasteiger partial charge in [0, 0.05) is 10.7 Å². The summed E-state index contributed by atoms with van der Waals surface area (Å²) < 4.78 is 0. The van der Waals surface area contributed by atoms with Gasteiger partial charge in [-0.1, -0.05) is 11.6 Å². The number of rotatable bonds is 1. The molecule has 1 aromatic carbocycles. The molecule has 0 spiro atoms. The Labute approximate surface area is 98.4 Å². The van der Waals surface area contributed by atoms with Crippen LogP contribution in [0.15, 0.2) is 34.3 Å². The molecule has 6 heteroatoms. The Morgan fingerprint density at radius 1 is 1.31 bits per heavy atom. The Balaban J connectivity index is 2.08. The minimum Gasteiger partial charge on any atom is -0.370 e. The van der Waals surface area contributed by atoms with Crippen molar-refractivity contribution in [3.8, 4) is 0 Å². The highest BCUT2D eigenvalue weighted by Gasteiger charge is 2.10. The molecule has 1 atom stereocenters. The molecule has 1 aromatic rings. The molecule has 0 aliphatic carbocycles. The van der Waals surface area contributed by atoms with Gasteiger partial charge in [-0.2, -0.15) is 0 Å². The zero-order valence-corrected chi connectivity index (χ0v) is 9.49. The summed E-state index contributed by atoms with van der Waals surface area (Å²) in [5.74, 6) is 0.946. The number of hydrogen-bond acceptors (Lipinski definition) is 5. The van der Waals surface area contributed by atoms with Crippen LogP contribution >= 0.6 is 11.6 Å². The van der Waals surface area contributed by atoms with Gasteiger partial charge in [0.1, 0.15) is 6.17 Å². The maximum atomic E-state index is 5.79. The highest BCUT2D eigenvalue weighted by Crippen LogP contribution is 2.13. The van der Waals surface area contributed by atoms with Gasteiger partial charge in [-0.3, -0.25) is 5.32 Å². The number of aliphatic imine (C=N–C) groups is 2. The van der Waals surface area contributed by atoms with Gasteiger partial charge < -0.3 is 11.1 Å². The standard InChI is InChI=1S/C10H12ClN5/c1-6-13-9(12)16-10(14-6)15-8-4-2-7(11)3-5-8/h2-6H,1H3,(H4,12,13,14,15,16). The van der Waals surface area contributed by atoms with Crippen LogP contribution in [0.25, 0.3) is 0 Å². The van der Waals surface area contributed by atoms with E-state index in [0.717, 1.165) is 5.69 Å². The fourth-order valence-electron chi connectivity index (χ4n) is 1.34. The second-order valence-electron chi connectivity index (χ2n) is 3.38. The Morgan fingerprint density at radius 3 is 2.62 bits per heavy atom. The van der Waals surface area contributed by atoms with Crippen molar-refractivity contribution in [1.29, 1.82) is 0 Å². The van der Waals surface area contributed by atoms with E-state index in [0.29, 0.717) is 16.9 Å². The number of nitrogens with two attached hydrogens (primary N) is 1. The average Bonchev–Trinajstić information content (AvgIpc) is 2.20. The third kappa shape index (κ3) is 2.64. The van der Waals surface area contributed by atoms with E-state index in [1.807, 2.05) is 19.1 Å². The van der Waals surface area contributed by atoms with Crippen LogP contribution in [0.3, 0.4) is 0 Å². The summed E-state index contributed by atoms with van der Waals surface area (Å²) in [5, 5.41) is 6.62. The summed E-state index contributed by atoms with van der Waals surface area (Å²) in [6.45, 7) is 1.86. The number of nitrogens with zero attached hydrogens (tertiary/aromatic N) is 2. The van der Waals surface area contributed by atoms with Gasteiger partial charge >= 0.3 is 0 Å². The SMILES string of the molecule is CC1N=C(N)NC(Nc2ccc(Cl)cc2)=N1. The molecule has 1 aliphatic heterocycles. The Morgan fingerprint density at radius 2 is 2.00 bits per heavy atom. The number of benzene rings is 1. The van der Waals surface area contributed by atoms with Crippen LogP contribution in [-0.4, -0.2) is 18.1 Å². The van der Waals surface area contributed by atoms with Crippen molar-refractivity contribution in [2.24, 2.45) is 15.7 Å². The lowest BCUT2D eigenvalue weighted by Crippen LogP contribution is -2.44. The molecule has 0 fully saturated rings. The quantitative estimate of drug-likeness (QED) is 0.691. The second kappa shape index (κ2) is 4.40. The summed E-state index contributed by atoms with van der Waals surface area (Å²) in [6, 6.07) is 7.32. The number of anilines is 1. The number of guanidine groups is 2. The molecular formula is C10H12ClN5. The molecular weight excluding hydrogens is 226 g/mol. The first-order chi connectivity index (χ1) is 7.63. The highest BCUT2D eigenvalue weighted by atomic mass is 35.5. The lowest BCUT2D eigenvalue weighted by molar-refractivity contribution is 0.766. The van der Waals surface area contributed by atoms with E-state index in [-0.39, 0.29) is 6.17 Å². The van der Waals surface area contributed by atoms with E-state index < -0.39 is 0 Å². The van der Waals surface area contributed by atoms with Gasteiger partial charge in [0.15, 0.2) is 5.96 Å². The van der Waals surface area contributed by atoms with Gasteiger partial charge in [-0.15, -0.1) is 0 Å². The summed E-state index contributed by atoms with van der Waals surface area (Å²) in [5.41, 5.74) is 6.48. The molecule has 0 amide bonds. The molecule has 0 aromatic heterocycles. The van der Waals surface area contributed by atoms with Gasteiger partial charge in [-0.05, 0) is 31.2 Å².